The van der Waals surface area contributed by atoms with Crippen molar-refractivity contribution in [3.63, 3.8) is 0 Å². The van der Waals surface area contributed by atoms with Crippen molar-refractivity contribution in [1.29, 1.82) is 0 Å². The highest BCUT2D eigenvalue weighted by atomic mass is 16.5. The van der Waals surface area contributed by atoms with Gasteiger partial charge in [0.25, 0.3) is 5.91 Å². The summed E-state index contributed by atoms with van der Waals surface area (Å²) in [6.45, 7) is 9.13. The molecule has 2 aromatic rings. The van der Waals surface area contributed by atoms with Gasteiger partial charge in [-0.2, -0.15) is 0 Å². The Morgan fingerprint density at radius 3 is 2.52 bits per heavy atom. The quantitative estimate of drug-likeness (QED) is 0.927. The molecule has 1 aromatic heterocycles. The highest BCUT2D eigenvalue weighted by Crippen LogP contribution is 2.27. The second-order valence-corrected chi connectivity index (χ2v) is 6.52. The minimum Gasteiger partial charge on any atom is -0.378 e. The van der Waals surface area contributed by atoms with Gasteiger partial charge in [-0.15, -0.1) is 0 Å². The predicted molar refractivity (Wildman–Crippen MR) is 98.3 cm³/mol. The standard InChI is InChI=1S/C19H24N4O2/c1-13(2)16-6-4-5-14(3)17(16)22-18(24)15-11-20-19(21-12-15)23-7-9-25-10-8-23/h4-6,11-13H,7-10H2,1-3H3,(H,22,24). The number of aryl methyl sites for hydroxylation is 1. The first-order valence-corrected chi connectivity index (χ1v) is 8.62. The number of carbonyl (C=O) groups is 1. The number of nitrogens with one attached hydrogen (secondary N) is 1. The maximum Gasteiger partial charge on any atom is 0.258 e. The maximum atomic E-state index is 12.6. The molecule has 0 spiro atoms. The Morgan fingerprint density at radius 2 is 1.88 bits per heavy atom. The van der Waals surface area contributed by atoms with E-state index in [4.69, 9.17) is 4.74 Å². The summed E-state index contributed by atoms with van der Waals surface area (Å²) < 4.78 is 5.33. The van der Waals surface area contributed by atoms with Crippen molar-refractivity contribution in [2.75, 3.05) is 36.5 Å². The average Bonchev–Trinajstić information content (AvgIpc) is 2.64. The number of hydrogen-bond donors (Lipinski definition) is 1. The van der Waals surface area contributed by atoms with E-state index >= 15 is 0 Å². The third kappa shape index (κ3) is 3.96. The largest absolute Gasteiger partial charge is 0.378 e. The number of hydrogen-bond acceptors (Lipinski definition) is 5. The van der Waals surface area contributed by atoms with E-state index < -0.39 is 0 Å². The van der Waals surface area contributed by atoms with Crippen molar-refractivity contribution in [3.8, 4) is 0 Å². The number of para-hydroxylation sites is 1. The Morgan fingerprint density at radius 1 is 1.20 bits per heavy atom. The van der Waals surface area contributed by atoms with Crippen molar-refractivity contribution in [1.82, 2.24) is 9.97 Å². The van der Waals surface area contributed by atoms with Gasteiger partial charge in [0, 0.05) is 31.2 Å². The van der Waals surface area contributed by atoms with Gasteiger partial charge < -0.3 is 15.0 Å². The topological polar surface area (TPSA) is 67.4 Å². The van der Waals surface area contributed by atoms with Crippen LogP contribution in [-0.2, 0) is 4.74 Å². The van der Waals surface area contributed by atoms with E-state index in [-0.39, 0.29) is 5.91 Å². The lowest BCUT2D eigenvalue weighted by Crippen LogP contribution is -2.37. The fourth-order valence-corrected chi connectivity index (χ4v) is 2.89. The Kier molecular flexibility index (Phi) is 5.28. The van der Waals surface area contributed by atoms with Gasteiger partial charge in [-0.3, -0.25) is 4.79 Å². The Hall–Kier alpha value is -2.47. The molecule has 0 atom stereocenters. The van der Waals surface area contributed by atoms with Crippen LogP contribution in [0.5, 0.6) is 0 Å². The van der Waals surface area contributed by atoms with E-state index in [0.717, 1.165) is 29.9 Å². The van der Waals surface area contributed by atoms with Crippen molar-refractivity contribution >= 4 is 17.5 Å². The Labute approximate surface area is 148 Å². The highest BCUT2D eigenvalue weighted by Gasteiger charge is 2.16. The summed E-state index contributed by atoms with van der Waals surface area (Å²) in [5.74, 6) is 0.776. The van der Waals surface area contributed by atoms with Crippen LogP contribution >= 0.6 is 0 Å². The number of ether oxygens (including phenoxy) is 1. The van der Waals surface area contributed by atoms with Crippen LogP contribution in [-0.4, -0.2) is 42.2 Å². The number of carbonyl (C=O) groups excluding carboxylic acids is 1. The van der Waals surface area contributed by atoms with Gasteiger partial charge in [0.1, 0.15) is 0 Å². The molecule has 0 bridgehead atoms. The first-order valence-electron chi connectivity index (χ1n) is 8.62. The van der Waals surface area contributed by atoms with E-state index in [2.05, 4.69) is 34.0 Å². The van der Waals surface area contributed by atoms with Crippen molar-refractivity contribution in [3.05, 3.63) is 47.3 Å². The molecule has 3 rings (SSSR count). The average molecular weight is 340 g/mol. The molecule has 0 aliphatic carbocycles. The van der Waals surface area contributed by atoms with E-state index in [0.29, 0.717) is 30.6 Å². The van der Waals surface area contributed by atoms with Crippen LogP contribution in [0.15, 0.2) is 30.6 Å². The van der Waals surface area contributed by atoms with Crippen LogP contribution in [0.1, 0.15) is 41.3 Å². The van der Waals surface area contributed by atoms with Gasteiger partial charge in [-0.1, -0.05) is 32.0 Å². The van der Waals surface area contributed by atoms with Gasteiger partial charge in [0.15, 0.2) is 0 Å². The molecule has 1 fully saturated rings. The van der Waals surface area contributed by atoms with Crippen LogP contribution in [0.3, 0.4) is 0 Å². The van der Waals surface area contributed by atoms with E-state index in [1.54, 1.807) is 12.4 Å². The Bertz CT molecular complexity index is 738. The number of benzene rings is 1. The number of amides is 1. The lowest BCUT2D eigenvalue weighted by molar-refractivity contribution is 0.102. The fraction of sp³-hybridized carbons (Fsp3) is 0.421. The molecule has 132 valence electrons. The minimum atomic E-state index is -0.190. The molecule has 0 unspecified atom stereocenters. The third-order valence-electron chi connectivity index (χ3n) is 4.36. The van der Waals surface area contributed by atoms with Gasteiger partial charge in [0.05, 0.1) is 18.8 Å². The second-order valence-electron chi connectivity index (χ2n) is 6.52. The second kappa shape index (κ2) is 7.61. The molecule has 1 N–H and O–H groups in total. The molecule has 1 aromatic carbocycles. The Balaban J connectivity index is 1.76. The molecule has 1 aliphatic heterocycles. The SMILES string of the molecule is Cc1cccc(C(C)C)c1NC(=O)c1cnc(N2CCOCC2)nc1. The van der Waals surface area contributed by atoms with Gasteiger partial charge in [-0.25, -0.2) is 9.97 Å². The summed E-state index contributed by atoms with van der Waals surface area (Å²) >= 11 is 0. The summed E-state index contributed by atoms with van der Waals surface area (Å²) in [5, 5.41) is 3.02. The zero-order valence-corrected chi connectivity index (χ0v) is 15.0. The number of anilines is 2. The molecular weight excluding hydrogens is 316 g/mol. The van der Waals surface area contributed by atoms with Crippen LogP contribution in [0, 0.1) is 6.92 Å². The summed E-state index contributed by atoms with van der Waals surface area (Å²) in [7, 11) is 0. The molecular formula is C19H24N4O2. The molecule has 6 heteroatoms. The van der Waals surface area contributed by atoms with E-state index in [1.807, 2.05) is 25.1 Å². The predicted octanol–water partition coefficient (Wildman–Crippen LogP) is 3.00. The fourth-order valence-electron chi connectivity index (χ4n) is 2.89. The van der Waals surface area contributed by atoms with Crippen molar-refractivity contribution < 1.29 is 9.53 Å². The number of rotatable bonds is 4. The van der Waals surface area contributed by atoms with E-state index in [1.165, 1.54) is 0 Å². The van der Waals surface area contributed by atoms with Crippen LogP contribution < -0.4 is 10.2 Å². The maximum absolute atomic E-state index is 12.6. The zero-order valence-electron chi connectivity index (χ0n) is 15.0. The number of morpholine rings is 1. The summed E-state index contributed by atoms with van der Waals surface area (Å²) in [4.78, 5) is 23.3. The molecule has 1 aliphatic rings. The smallest absolute Gasteiger partial charge is 0.258 e. The zero-order chi connectivity index (χ0) is 17.8. The molecule has 6 nitrogen and oxygen atoms in total. The first-order chi connectivity index (χ1) is 12.1. The number of aromatic nitrogens is 2. The summed E-state index contributed by atoms with van der Waals surface area (Å²) in [5.41, 5.74) is 3.50. The van der Waals surface area contributed by atoms with Crippen LogP contribution in [0.4, 0.5) is 11.6 Å². The lowest BCUT2D eigenvalue weighted by atomic mass is 9.98. The molecule has 0 saturated carbocycles. The van der Waals surface area contributed by atoms with Gasteiger partial charge in [-0.05, 0) is 24.0 Å². The molecule has 0 radical (unpaired) electrons. The highest BCUT2D eigenvalue weighted by molar-refractivity contribution is 6.04. The van der Waals surface area contributed by atoms with Crippen LogP contribution in [0.2, 0.25) is 0 Å². The third-order valence-corrected chi connectivity index (χ3v) is 4.36. The molecule has 25 heavy (non-hydrogen) atoms. The minimum absolute atomic E-state index is 0.190. The summed E-state index contributed by atoms with van der Waals surface area (Å²) in [6.07, 6.45) is 3.17. The summed E-state index contributed by atoms with van der Waals surface area (Å²) in [6, 6.07) is 6.06. The molecule has 1 amide bonds. The monoisotopic (exact) mass is 340 g/mol. The number of nitrogens with zero attached hydrogens (tertiary/aromatic N) is 3. The van der Waals surface area contributed by atoms with Crippen molar-refractivity contribution in [2.24, 2.45) is 0 Å². The van der Waals surface area contributed by atoms with Crippen molar-refractivity contribution in [2.45, 2.75) is 26.7 Å². The van der Waals surface area contributed by atoms with E-state index in [9.17, 15) is 4.79 Å². The lowest BCUT2D eigenvalue weighted by Gasteiger charge is -2.26. The van der Waals surface area contributed by atoms with Crippen LogP contribution in [0.25, 0.3) is 0 Å². The molecule has 1 saturated heterocycles. The van der Waals surface area contributed by atoms with Gasteiger partial charge >= 0.3 is 0 Å². The first kappa shape index (κ1) is 17.4. The molecule has 2 heterocycles. The van der Waals surface area contributed by atoms with Gasteiger partial charge in [0.2, 0.25) is 5.95 Å². The normalized spacial score (nSPS) is 14.6.